The Kier molecular flexibility index (Phi) is 6.92. The van der Waals surface area contributed by atoms with Gasteiger partial charge in [0.25, 0.3) is 5.91 Å². The van der Waals surface area contributed by atoms with Crippen molar-refractivity contribution in [2.75, 3.05) is 39.4 Å². The van der Waals surface area contributed by atoms with Gasteiger partial charge in [-0.15, -0.1) is 0 Å². The van der Waals surface area contributed by atoms with Crippen LogP contribution in [0, 0.1) is 5.82 Å². The molecule has 4 rings (SSSR count). The molecule has 31 heavy (non-hydrogen) atoms. The standard InChI is InChI=1S/C24H28FN3O3/c25-21-5-1-18(2-6-21)3-8-23(29)27-11-9-19(10-12-27)22-7-4-20(17-26-22)24(30)28-13-15-31-16-14-28/h1-2,4-7,17,19H,3,8-16H2. The first-order valence-electron chi connectivity index (χ1n) is 11.0. The van der Waals surface area contributed by atoms with Gasteiger partial charge < -0.3 is 14.5 Å². The zero-order valence-electron chi connectivity index (χ0n) is 17.6. The normalized spacial score (nSPS) is 17.6. The largest absolute Gasteiger partial charge is 0.378 e. The molecule has 0 saturated carbocycles. The Bertz CT molecular complexity index is 887. The second kappa shape index (κ2) is 10.0. The van der Waals surface area contributed by atoms with Crippen LogP contribution in [0.15, 0.2) is 42.6 Å². The first kappa shape index (κ1) is 21.4. The van der Waals surface area contributed by atoms with E-state index < -0.39 is 0 Å². The highest BCUT2D eigenvalue weighted by Crippen LogP contribution is 2.27. The van der Waals surface area contributed by atoms with E-state index in [2.05, 4.69) is 4.98 Å². The highest BCUT2D eigenvalue weighted by molar-refractivity contribution is 5.94. The number of nitrogens with zero attached hydrogens (tertiary/aromatic N) is 3. The number of rotatable bonds is 5. The minimum atomic E-state index is -0.260. The van der Waals surface area contributed by atoms with Gasteiger partial charge in [-0.1, -0.05) is 12.1 Å². The smallest absolute Gasteiger partial charge is 0.255 e. The molecule has 0 radical (unpaired) electrons. The summed E-state index contributed by atoms with van der Waals surface area (Å²) in [6.07, 6.45) is 4.47. The molecule has 1 aromatic carbocycles. The summed E-state index contributed by atoms with van der Waals surface area (Å²) in [6, 6.07) is 10.1. The number of hydrogen-bond acceptors (Lipinski definition) is 4. The third-order valence-corrected chi connectivity index (χ3v) is 6.14. The Morgan fingerprint density at radius 1 is 0.968 bits per heavy atom. The van der Waals surface area contributed by atoms with Crippen LogP contribution < -0.4 is 0 Å². The molecule has 2 amide bonds. The molecule has 2 aromatic rings. The number of benzene rings is 1. The summed E-state index contributed by atoms with van der Waals surface area (Å²) in [5.41, 5.74) is 2.57. The summed E-state index contributed by atoms with van der Waals surface area (Å²) in [5, 5.41) is 0. The first-order chi connectivity index (χ1) is 15.1. The lowest BCUT2D eigenvalue weighted by atomic mass is 9.92. The number of carbonyl (C=O) groups excluding carboxylic acids is 2. The van der Waals surface area contributed by atoms with Gasteiger partial charge in [-0.05, 0) is 49.1 Å². The lowest BCUT2D eigenvalue weighted by Crippen LogP contribution is -2.40. The molecule has 6 nitrogen and oxygen atoms in total. The fourth-order valence-corrected chi connectivity index (χ4v) is 4.21. The summed E-state index contributed by atoms with van der Waals surface area (Å²) in [4.78, 5) is 33.4. The Morgan fingerprint density at radius 3 is 2.32 bits per heavy atom. The predicted octanol–water partition coefficient (Wildman–Crippen LogP) is 3.03. The number of hydrogen-bond donors (Lipinski definition) is 0. The summed E-state index contributed by atoms with van der Waals surface area (Å²) in [7, 11) is 0. The summed E-state index contributed by atoms with van der Waals surface area (Å²) < 4.78 is 18.3. The molecular weight excluding hydrogens is 397 g/mol. The van der Waals surface area contributed by atoms with E-state index in [4.69, 9.17) is 4.74 Å². The van der Waals surface area contributed by atoms with Crippen LogP contribution in [0.5, 0.6) is 0 Å². The molecule has 2 fully saturated rings. The van der Waals surface area contributed by atoms with Crippen molar-refractivity contribution in [1.29, 1.82) is 0 Å². The molecule has 0 atom stereocenters. The van der Waals surface area contributed by atoms with Crippen LogP contribution in [0.3, 0.4) is 0 Å². The van der Waals surface area contributed by atoms with Crippen molar-refractivity contribution >= 4 is 11.8 Å². The van der Waals surface area contributed by atoms with E-state index >= 15 is 0 Å². The van der Waals surface area contributed by atoms with Crippen molar-refractivity contribution in [1.82, 2.24) is 14.8 Å². The van der Waals surface area contributed by atoms with E-state index in [1.807, 2.05) is 17.0 Å². The predicted molar refractivity (Wildman–Crippen MR) is 114 cm³/mol. The van der Waals surface area contributed by atoms with Crippen molar-refractivity contribution in [3.63, 3.8) is 0 Å². The van der Waals surface area contributed by atoms with Gasteiger partial charge in [-0.3, -0.25) is 14.6 Å². The van der Waals surface area contributed by atoms with E-state index in [0.717, 1.165) is 24.1 Å². The molecule has 0 N–H and O–H groups in total. The number of piperidine rings is 1. The Morgan fingerprint density at radius 2 is 1.68 bits per heavy atom. The van der Waals surface area contributed by atoms with E-state index in [0.29, 0.717) is 63.7 Å². The number of carbonyl (C=O) groups is 2. The van der Waals surface area contributed by atoms with Crippen LogP contribution in [0.4, 0.5) is 4.39 Å². The lowest BCUT2D eigenvalue weighted by molar-refractivity contribution is -0.132. The monoisotopic (exact) mass is 425 g/mol. The topological polar surface area (TPSA) is 62.7 Å². The molecule has 2 saturated heterocycles. The van der Waals surface area contributed by atoms with Gasteiger partial charge in [0.2, 0.25) is 5.91 Å². The molecule has 164 valence electrons. The van der Waals surface area contributed by atoms with Crippen LogP contribution in [0.2, 0.25) is 0 Å². The zero-order valence-corrected chi connectivity index (χ0v) is 17.6. The molecule has 2 aliphatic heterocycles. The van der Waals surface area contributed by atoms with Gasteiger partial charge in [-0.2, -0.15) is 0 Å². The first-order valence-corrected chi connectivity index (χ1v) is 11.0. The number of pyridine rings is 1. The van der Waals surface area contributed by atoms with E-state index in [-0.39, 0.29) is 17.6 Å². The third-order valence-electron chi connectivity index (χ3n) is 6.14. The van der Waals surface area contributed by atoms with Gasteiger partial charge >= 0.3 is 0 Å². The maximum absolute atomic E-state index is 13.0. The van der Waals surface area contributed by atoms with Crippen LogP contribution in [0.25, 0.3) is 0 Å². The molecule has 1 aromatic heterocycles. The summed E-state index contributed by atoms with van der Waals surface area (Å²) >= 11 is 0. The SMILES string of the molecule is O=C(CCc1ccc(F)cc1)N1CCC(c2ccc(C(=O)N3CCOCC3)cn2)CC1. The maximum atomic E-state index is 13.0. The summed E-state index contributed by atoms with van der Waals surface area (Å²) in [5.74, 6) is 0.184. The Labute approximate surface area is 182 Å². The average Bonchev–Trinajstić information content (AvgIpc) is 2.84. The molecule has 0 aliphatic carbocycles. The maximum Gasteiger partial charge on any atom is 0.255 e. The van der Waals surface area contributed by atoms with Crippen molar-refractivity contribution in [2.24, 2.45) is 0 Å². The molecule has 2 aliphatic rings. The average molecular weight is 426 g/mol. The van der Waals surface area contributed by atoms with E-state index in [1.165, 1.54) is 12.1 Å². The van der Waals surface area contributed by atoms with Crippen molar-refractivity contribution in [3.8, 4) is 0 Å². The Balaban J connectivity index is 1.25. The number of likely N-dealkylation sites (tertiary alicyclic amines) is 1. The van der Waals surface area contributed by atoms with Crippen LogP contribution >= 0.6 is 0 Å². The second-order valence-corrected chi connectivity index (χ2v) is 8.16. The molecule has 0 bridgehead atoms. The van der Waals surface area contributed by atoms with Gasteiger partial charge in [0, 0.05) is 50.4 Å². The van der Waals surface area contributed by atoms with Crippen molar-refractivity contribution in [2.45, 2.75) is 31.6 Å². The van der Waals surface area contributed by atoms with Crippen LogP contribution in [0.1, 0.15) is 46.8 Å². The number of aryl methyl sites for hydroxylation is 1. The zero-order chi connectivity index (χ0) is 21.6. The minimum absolute atomic E-state index is 0.00363. The van der Waals surface area contributed by atoms with Crippen LogP contribution in [-0.4, -0.2) is 66.0 Å². The van der Waals surface area contributed by atoms with E-state index in [9.17, 15) is 14.0 Å². The highest BCUT2D eigenvalue weighted by Gasteiger charge is 2.25. The quantitative estimate of drug-likeness (QED) is 0.739. The molecule has 7 heteroatoms. The number of aromatic nitrogens is 1. The van der Waals surface area contributed by atoms with Gasteiger partial charge in [0.1, 0.15) is 5.82 Å². The van der Waals surface area contributed by atoms with Crippen LogP contribution in [-0.2, 0) is 16.0 Å². The van der Waals surface area contributed by atoms with Crippen molar-refractivity contribution in [3.05, 3.63) is 65.2 Å². The van der Waals surface area contributed by atoms with E-state index in [1.54, 1.807) is 23.2 Å². The number of halogens is 1. The molecule has 3 heterocycles. The van der Waals surface area contributed by atoms with Gasteiger partial charge in [0.15, 0.2) is 0 Å². The van der Waals surface area contributed by atoms with Crippen molar-refractivity contribution < 1.29 is 18.7 Å². The number of ether oxygens (including phenoxy) is 1. The third kappa shape index (κ3) is 5.47. The lowest BCUT2D eigenvalue weighted by Gasteiger charge is -2.32. The second-order valence-electron chi connectivity index (χ2n) is 8.16. The fraction of sp³-hybridized carbons (Fsp3) is 0.458. The van der Waals surface area contributed by atoms with Gasteiger partial charge in [0.05, 0.1) is 18.8 Å². The number of amides is 2. The summed E-state index contributed by atoms with van der Waals surface area (Å²) in [6.45, 7) is 3.82. The Hall–Kier alpha value is -2.80. The number of morpholine rings is 1. The minimum Gasteiger partial charge on any atom is -0.378 e. The molecular formula is C24H28FN3O3. The fourth-order valence-electron chi connectivity index (χ4n) is 4.21. The molecule has 0 spiro atoms. The van der Waals surface area contributed by atoms with Gasteiger partial charge in [-0.25, -0.2) is 4.39 Å². The molecule has 0 unspecified atom stereocenters. The highest BCUT2D eigenvalue weighted by atomic mass is 19.1.